The number of hydrogen-bond donors (Lipinski definition) is 5. The molecule has 2 fully saturated rings. The summed E-state index contributed by atoms with van der Waals surface area (Å²) in [7, 11) is 3.05. The number of aromatic hydroxyl groups is 1. The van der Waals surface area contributed by atoms with E-state index < -0.39 is 69.6 Å². The van der Waals surface area contributed by atoms with E-state index in [2.05, 4.69) is 18.7 Å². The Hall–Kier alpha value is -2.70. The Bertz CT molecular complexity index is 1410. The van der Waals surface area contributed by atoms with Gasteiger partial charge in [0.2, 0.25) is 5.78 Å². The van der Waals surface area contributed by atoms with Crippen LogP contribution in [0.1, 0.15) is 56.2 Å². The van der Waals surface area contributed by atoms with Crippen molar-refractivity contribution in [2.24, 2.45) is 17.6 Å². The fraction of sp³-hybridized carbons (Fsp3) is 0.552. The SMILES string of the molecule is CN(C)[C@@H]1C(=O)C(C(N)=O)=C(O)[C@@]2(O)C(=O)C3=C(O)c4c(O)cc(CN5CCCCC5(C)C)c(F)c4C[C@H]3C[C@@H]12.Cl.Cl. The molecule has 1 aliphatic heterocycles. The van der Waals surface area contributed by atoms with Gasteiger partial charge in [-0.3, -0.25) is 24.2 Å². The molecule has 1 saturated heterocycles. The molecule has 4 atom stereocenters. The molecule has 13 heteroatoms. The van der Waals surface area contributed by atoms with Crippen LogP contribution in [0.25, 0.3) is 5.76 Å². The van der Waals surface area contributed by atoms with Gasteiger partial charge < -0.3 is 26.2 Å². The lowest BCUT2D eigenvalue weighted by Crippen LogP contribution is -2.65. The van der Waals surface area contributed by atoms with Gasteiger partial charge in [-0.25, -0.2) is 4.39 Å². The number of piperidine rings is 1. The summed E-state index contributed by atoms with van der Waals surface area (Å²) < 4.78 is 16.1. The van der Waals surface area contributed by atoms with Crippen LogP contribution in [0, 0.1) is 17.7 Å². The second-order valence-corrected chi connectivity index (χ2v) is 12.4. The van der Waals surface area contributed by atoms with E-state index in [0.29, 0.717) is 0 Å². The average Bonchev–Trinajstić information content (AvgIpc) is 2.85. The Morgan fingerprint density at radius 3 is 2.38 bits per heavy atom. The van der Waals surface area contributed by atoms with Crippen LogP contribution in [-0.2, 0) is 27.3 Å². The van der Waals surface area contributed by atoms with E-state index >= 15 is 4.39 Å². The third kappa shape index (κ3) is 4.79. The van der Waals surface area contributed by atoms with Crippen molar-refractivity contribution in [3.05, 3.63) is 45.5 Å². The second-order valence-electron chi connectivity index (χ2n) is 12.4. The Morgan fingerprint density at radius 1 is 1.17 bits per heavy atom. The summed E-state index contributed by atoms with van der Waals surface area (Å²) in [4.78, 5) is 42.7. The van der Waals surface area contributed by atoms with Gasteiger partial charge in [0.1, 0.15) is 28.7 Å². The predicted octanol–water partition coefficient (Wildman–Crippen LogP) is 2.71. The minimum absolute atomic E-state index is 0. The van der Waals surface area contributed by atoms with Gasteiger partial charge in [0.25, 0.3) is 5.91 Å². The number of primary amides is 1. The van der Waals surface area contributed by atoms with Gasteiger partial charge in [-0.2, -0.15) is 0 Å². The molecule has 232 valence electrons. The van der Waals surface area contributed by atoms with Gasteiger partial charge in [-0.15, -0.1) is 24.8 Å². The molecule has 0 bridgehead atoms. The number of carbonyl (C=O) groups is 3. The quantitative estimate of drug-likeness (QED) is 0.315. The highest BCUT2D eigenvalue weighted by Crippen LogP contribution is 2.53. The summed E-state index contributed by atoms with van der Waals surface area (Å²) in [6.07, 6.45) is 2.85. The van der Waals surface area contributed by atoms with Crippen LogP contribution < -0.4 is 5.73 Å². The summed E-state index contributed by atoms with van der Waals surface area (Å²) in [6.45, 7) is 5.23. The number of amides is 1. The van der Waals surface area contributed by atoms with Crippen LogP contribution in [0.4, 0.5) is 4.39 Å². The zero-order valence-corrected chi connectivity index (χ0v) is 25.6. The number of likely N-dealkylation sites (tertiary alicyclic amines) is 1. The highest BCUT2D eigenvalue weighted by molar-refractivity contribution is 6.24. The van der Waals surface area contributed by atoms with Crippen molar-refractivity contribution in [2.45, 2.75) is 69.7 Å². The molecule has 0 aromatic heterocycles. The van der Waals surface area contributed by atoms with Gasteiger partial charge in [-0.05, 0) is 72.2 Å². The summed E-state index contributed by atoms with van der Waals surface area (Å²) in [5.74, 6) is -8.13. The van der Waals surface area contributed by atoms with Gasteiger partial charge in [0.05, 0.1) is 11.6 Å². The first kappa shape index (κ1) is 33.8. The molecule has 42 heavy (non-hydrogen) atoms. The van der Waals surface area contributed by atoms with Crippen LogP contribution in [0.3, 0.4) is 0 Å². The molecular formula is C29H38Cl2FN3O7. The van der Waals surface area contributed by atoms with Crippen LogP contribution in [0.2, 0.25) is 0 Å². The normalized spacial score (nSPS) is 28.9. The van der Waals surface area contributed by atoms with E-state index in [1.54, 1.807) is 0 Å². The highest BCUT2D eigenvalue weighted by Gasteiger charge is 2.64. The number of phenolic OH excluding ortho intramolecular Hbond substituents is 1. The van der Waals surface area contributed by atoms with E-state index in [4.69, 9.17) is 5.73 Å². The van der Waals surface area contributed by atoms with E-state index in [1.807, 2.05) is 0 Å². The summed E-state index contributed by atoms with van der Waals surface area (Å²) in [5, 5.41) is 44.8. The lowest BCUT2D eigenvalue weighted by molar-refractivity contribution is -0.153. The van der Waals surface area contributed by atoms with Crippen molar-refractivity contribution in [3.8, 4) is 5.75 Å². The molecule has 0 spiro atoms. The molecule has 1 heterocycles. The van der Waals surface area contributed by atoms with Crippen molar-refractivity contribution in [2.75, 3.05) is 20.6 Å². The molecule has 4 aliphatic rings. The van der Waals surface area contributed by atoms with Gasteiger partial charge in [0, 0.05) is 34.7 Å². The third-order valence-corrected chi connectivity index (χ3v) is 9.41. The first-order valence-corrected chi connectivity index (χ1v) is 13.6. The number of aliphatic hydroxyl groups excluding tert-OH is 2. The molecule has 1 aromatic carbocycles. The number of fused-ring (bicyclic) bond motifs is 3. The van der Waals surface area contributed by atoms with Crippen LogP contribution in [0.5, 0.6) is 5.75 Å². The Kier molecular flexibility index (Phi) is 9.19. The maximum absolute atomic E-state index is 16.1. The topological polar surface area (TPSA) is 165 Å². The molecule has 0 unspecified atom stereocenters. The number of ketones is 2. The van der Waals surface area contributed by atoms with E-state index in [1.165, 1.54) is 25.1 Å². The highest BCUT2D eigenvalue weighted by atomic mass is 35.5. The van der Waals surface area contributed by atoms with Gasteiger partial charge >= 0.3 is 0 Å². The predicted molar refractivity (Wildman–Crippen MR) is 157 cm³/mol. The zero-order valence-electron chi connectivity index (χ0n) is 23.9. The van der Waals surface area contributed by atoms with Crippen molar-refractivity contribution in [1.82, 2.24) is 9.80 Å². The molecule has 5 rings (SSSR count). The number of benzene rings is 1. The number of halogens is 3. The summed E-state index contributed by atoms with van der Waals surface area (Å²) in [5.41, 5.74) is 1.37. The van der Waals surface area contributed by atoms with Gasteiger partial charge in [0.15, 0.2) is 11.4 Å². The number of rotatable bonds is 4. The number of hydrogen-bond acceptors (Lipinski definition) is 9. The van der Waals surface area contributed by atoms with E-state index in [0.717, 1.165) is 25.8 Å². The minimum Gasteiger partial charge on any atom is -0.508 e. The number of Topliss-reactive ketones (excluding diaryl/α,β-unsaturated/α-hetero) is 2. The molecule has 1 aromatic rings. The smallest absolute Gasteiger partial charge is 0.255 e. The maximum Gasteiger partial charge on any atom is 0.255 e. The molecule has 3 aliphatic carbocycles. The monoisotopic (exact) mass is 629 g/mol. The second kappa shape index (κ2) is 11.4. The molecule has 0 radical (unpaired) electrons. The molecule has 1 saturated carbocycles. The van der Waals surface area contributed by atoms with Crippen LogP contribution in [-0.4, -0.2) is 85.5 Å². The standard InChI is InChI=1S/C29H36FN3O7.2ClH/c1-28(2)7-5-6-8-33(28)12-14-11-17(34)19-15(21(14)30)9-13-10-16-22(32(3)4)24(36)20(27(31)39)26(38)29(16,40)25(37)18(13)23(19)35;;/h11,13,16,22,34-35,38,40H,5-10,12H2,1-4H3,(H2,31,39);2*1H/t13-,16-,22-,29-;;/m0../s1. The lowest BCUT2D eigenvalue weighted by atomic mass is 9.57. The largest absolute Gasteiger partial charge is 0.508 e. The number of likely N-dealkylation sites (N-methyl/N-ethyl adjacent to an activating group) is 1. The average molecular weight is 631 g/mol. The first-order chi connectivity index (χ1) is 18.6. The third-order valence-electron chi connectivity index (χ3n) is 9.41. The van der Waals surface area contributed by atoms with E-state index in [9.17, 15) is 34.8 Å². The number of aliphatic hydroxyl groups is 3. The Labute approximate surface area is 255 Å². The summed E-state index contributed by atoms with van der Waals surface area (Å²) >= 11 is 0. The Morgan fingerprint density at radius 2 is 1.81 bits per heavy atom. The molecular weight excluding hydrogens is 592 g/mol. The molecule has 1 amide bonds. The van der Waals surface area contributed by atoms with Crippen molar-refractivity contribution in [1.29, 1.82) is 0 Å². The fourth-order valence-corrected chi connectivity index (χ4v) is 7.28. The number of nitrogens with zero attached hydrogens (tertiary/aromatic N) is 2. The lowest BCUT2D eigenvalue weighted by Gasteiger charge is -2.50. The van der Waals surface area contributed by atoms with E-state index in [-0.39, 0.29) is 72.0 Å². The van der Waals surface area contributed by atoms with Crippen molar-refractivity contribution < 1.29 is 39.2 Å². The fourth-order valence-electron chi connectivity index (χ4n) is 7.28. The Balaban J connectivity index is 0.00000242. The van der Waals surface area contributed by atoms with Crippen LogP contribution >= 0.6 is 24.8 Å². The number of phenols is 1. The van der Waals surface area contributed by atoms with Crippen molar-refractivity contribution in [3.63, 3.8) is 0 Å². The maximum atomic E-state index is 16.1. The number of nitrogens with two attached hydrogens (primary N) is 1. The number of carbonyl (C=O) groups excluding carboxylic acids is 3. The summed E-state index contributed by atoms with van der Waals surface area (Å²) in [6, 6.07) is 0.0633. The minimum atomic E-state index is -2.72. The van der Waals surface area contributed by atoms with Crippen molar-refractivity contribution >= 4 is 48.0 Å². The molecule has 6 N–H and O–H groups in total. The molecule has 10 nitrogen and oxygen atoms in total. The van der Waals surface area contributed by atoms with Crippen LogP contribution in [0.15, 0.2) is 23.0 Å². The van der Waals surface area contributed by atoms with Gasteiger partial charge in [-0.1, -0.05) is 6.42 Å². The first-order valence-electron chi connectivity index (χ1n) is 13.6. The zero-order chi connectivity index (χ0) is 29.5.